The number of nitro benzene ring substituents is 1. The van der Waals surface area contributed by atoms with E-state index in [2.05, 4.69) is 37.8 Å². The van der Waals surface area contributed by atoms with Crippen LogP contribution in [0.3, 0.4) is 0 Å². The molecule has 0 bridgehead atoms. The topological polar surface area (TPSA) is 66.6 Å². The third kappa shape index (κ3) is 2.47. The van der Waals surface area contributed by atoms with Gasteiger partial charge in [0.2, 0.25) is 0 Å². The number of benzene rings is 2. The predicted octanol–water partition coefficient (Wildman–Crippen LogP) is 4.50. The lowest BCUT2D eigenvalue weighted by Gasteiger charge is -2.41. The van der Waals surface area contributed by atoms with Crippen molar-refractivity contribution in [2.75, 3.05) is 11.9 Å². The van der Waals surface area contributed by atoms with Crippen LogP contribution in [0.15, 0.2) is 48.5 Å². The third-order valence-electron chi connectivity index (χ3n) is 5.71. The molecule has 0 amide bonds. The van der Waals surface area contributed by atoms with Crippen molar-refractivity contribution in [3.05, 3.63) is 69.8 Å². The second-order valence-electron chi connectivity index (χ2n) is 7.18. The number of non-ortho nitro benzene ring substituents is 1. The van der Waals surface area contributed by atoms with Crippen molar-refractivity contribution in [2.45, 2.75) is 31.7 Å². The molecule has 0 aliphatic carbocycles. The summed E-state index contributed by atoms with van der Waals surface area (Å²) in [5.74, 6) is 0.0291. The summed E-state index contributed by atoms with van der Waals surface area (Å²) >= 11 is 0. The van der Waals surface area contributed by atoms with Gasteiger partial charge < -0.3 is 10.0 Å². The molecule has 0 saturated carbocycles. The Labute approximate surface area is 147 Å². The van der Waals surface area contributed by atoms with Crippen molar-refractivity contribution < 1.29 is 10.0 Å². The van der Waals surface area contributed by atoms with Gasteiger partial charge in [-0.1, -0.05) is 44.2 Å². The summed E-state index contributed by atoms with van der Waals surface area (Å²) in [5.41, 5.74) is 2.33. The highest BCUT2D eigenvalue weighted by molar-refractivity contribution is 5.70. The van der Waals surface area contributed by atoms with E-state index in [1.54, 1.807) is 6.08 Å². The fraction of sp³-hybridized carbons (Fsp3) is 0.300. The van der Waals surface area contributed by atoms with Crippen molar-refractivity contribution in [3.8, 4) is 5.75 Å². The minimum atomic E-state index is -0.458. The first kappa shape index (κ1) is 17.0. The maximum Gasteiger partial charge on any atom is 0.270 e. The summed E-state index contributed by atoms with van der Waals surface area (Å²) in [5, 5.41) is 21.0. The van der Waals surface area contributed by atoms with Gasteiger partial charge in [-0.15, -0.1) is 0 Å². The van der Waals surface area contributed by atoms with E-state index in [0.29, 0.717) is 5.56 Å². The number of para-hydroxylation sites is 1. The first-order chi connectivity index (χ1) is 11.7. The van der Waals surface area contributed by atoms with Gasteiger partial charge in [-0.3, -0.25) is 10.1 Å². The van der Waals surface area contributed by atoms with E-state index < -0.39 is 4.92 Å². The maximum absolute atomic E-state index is 11.0. The van der Waals surface area contributed by atoms with Gasteiger partial charge in [-0.25, -0.2) is 0 Å². The van der Waals surface area contributed by atoms with Crippen LogP contribution in [-0.4, -0.2) is 22.6 Å². The Hall–Kier alpha value is -2.82. The van der Waals surface area contributed by atoms with E-state index in [0.717, 1.165) is 0 Å². The fourth-order valence-corrected chi connectivity index (χ4v) is 3.60. The normalized spacial score (nSPS) is 21.5. The highest BCUT2D eigenvalue weighted by atomic mass is 16.6. The molecule has 0 saturated heterocycles. The third-order valence-corrected chi connectivity index (χ3v) is 5.71. The maximum atomic E-state index is 11.0. The Morgan fingerprint density at radius 1 is 1.16 bits per heavy atom. The molecule has 5 heteroatoms. The molecule has 130 valence electrons. The minimum Gasteiger partial charge on any atom is -0.507 e. The first-order valence-electron chi connectivity index (χ1n) is 8.18. The molecule has 25 heavy (non-hydrogen) atoms. The van der Waals surface area contributed by atoms with Crippen LogP contribution in [0.4, 0.5) is 11.4 Å². The van der Waals surface area contributed by atoms with E-state index in [-0.39, 0.29) is 22.4 Å². The van der Waals surface area contributed by atoms with Crippen molar-refractivity contribution in [1.29, 1.82) is 0 Å². The van der Waals surface area contributed by atoms with Gasteiger partial charge in [0.15, 0.2) is 0 Å². The number of phenolic OH excluding ortho intramolecular Hbond substituents is 1. The number of nitrogens with zero attached hydrogens (tertiary/aromatic N) is 2. The quantitative estimate of drug-likeness (QED) is 0.661. The summed E-state index contributed by atoms with van der Waals surface area (Å²) < 4.78 is 0. The highest BCUT2D eigenvalue weighted by Gasteiger charge is 2.50. The number of hydrogen-bond donors (Lipinski definition) is 1. The SMILES string of the molecule is CN1c2ccccc2C(C)(C)C1(C)/C=C/c1cc([N+](=O)[O-])ccc1O. The Morgan fingerprint density at radius 3 is 2.48 bits per heavy atom. The molecule has 0 aromatic heterocycles. The largest absolute Gasteiger partial charge is 0.507 e. The molecule has 0 spiro atoms. The molecule has 2 aromatic rings. The van der Waals surface area contributed by atoms with Crippen molar-refractivity contribution in [3.63, 3.8) is 0 Å². The summed E-state index contributed by atoms with van der Waals surface area (Å²) in [6, 6.07) is 12.3. The summed E-state index contributed by atoms with van der Waals surface area (Å²) in [6.45, 7) is 6.51. The Balaban J connectivity index is 2.05. The fourth-order valence-electron chi connectivity index (χ4n) is 3.60. The number of rotatable bonds is 3. The van der Waals surface area contributed by atoms with Crippen LogP contribution in [0.2, 0.25) is 0 Å². The standard InChI is InChI=1S/C20H22N2O3/c1-19(2)16-7-5-6-8-17(16)21(4)20(19,3)12-11-14-13-15(22(24)25)9-10-18(14)23/h5-13,23H,1-4H3/b12-11+. The average Bonchev–Trinajstić information content (AvgIpc) is 2.73. The zero-order chi connectivity index (χ0) is 18.4. The molecule has 0 radical (unpaired) electrons. The predicted molar refractivity (Wildman–Crippen MR) is 100 cm³/mol. The van der Waals surface area contributed by atoms with Gasteiger partial charge in [0.1, 0.15) is 5.75 Å². The smallest absolute Gasteiger partial charge is 0.270 e. The van der Waals surface area contributed by atoms with E-state index in [9.17, 15) is 15.2 Å². The molecule has 1 heterocycles. The van der Waals surface area contributed by atoms with E-state index in [4.69, 9.17) is 0 Å². The summed E-state index contributed by atoms with van der Waals surface area (Å²) in [7, 11) is 2.05. The Morgan fingerprint density at radius 2 is 1.84 bits per heavy atom. The van der Waals surface area contributed by atoms with Gasteiger partial charge in [0, 0.05) is 35.8 Å². The van der Waals surface area contributed by atoms with Gasteiger partial charge in [-0.05, 0) is 24.6 Å². The zero-order valence-electron chi connectivity index (χ0n) is 14.9. The van der Waals surface area contributed by atoms with Gasteiger partial charge >= 0.3 is 0 Å². The number of likely N-dealkylation sites (N-methyl/N-ethyl adjacent to an activating group) is 1. The summed E-state index contributed by atoms with van der Waals surface area (Å²) in [6.07, 6.45) is 3.79. The Kier molecular flexibility index (Phi) is 3.82. The minimum absolute atomic E-state index is 0.0291. The monoisotopic (exact) mass is 338 g/mol. The number of phenols is 1. The molecule has 1 aliphatic rings. The molecule has 1 aliphatic heterocycles. The van der Waals surface area contributed by atoms with Crippen LogP contribution in [0, 0.1) is 10.1 Å². The first-order valence-corrected chi connectivity index (χ1v) is 8.18. The lowest BCUT2D eigenvalue weighted by atomic mass is 9.71. The Bertz CT molecular complexity index is 873. The number of nitro groups is 1. The molecule has 5 nitrogen and oxygen atoms in total. The number of aromatic hydroxyl groups is 1. The highest BCUT2D eigenvalue weighted by Crippen LogP contribution is 2.51. The molecule has 1 atom stereocenters. The molecular weight excluding hydrogens is 316 g/mol. The average molecular weight is 338 g/mol. The van der Waals surface area contributed by atoms with Crippen LogP contribution in [0.5, 0.6) is 5.75 Å². The van der Waals surface area contributed by atoms with Crippen LogP contribution in [0.1, 0.15) is 31.9 Å². The van der Waals surface area contributed by atoms with Crippen molar-refractivity contribution in [1.82, 2.24) is 0 Å². The van der Waals surface area contributed by atoms with Crippen LogP contribution < -0.4 is 4.90 Å². The van der Waals surface area contributed by atoms with Gasteiger partial charge in [0.25, 0.3) is 5.69 Å². The molecule has 2 aromatic carbocycles. The lowest BCUT2D eigenvalue weighted by Crippen LogP contribution is -2.50. The van der Waals surface area contributed by atoms with Crippen LogP contribution >= 0.6 is 0 Å². The van der Waals surface area contributed by atoms with E-state index >= 15 is 0 Å². The van der Waals surface area contributed by atoms with Crippen molar-refractivity contribution in [2.24, 2.45) is 0 Å². The van der Waals surface area contributed by atoms with Crippen LogP contribution in [-0.2, 0) is 5.41 Å². The van der Waals surface area contributed by atoms with Gasteiger partial charge in [-0.2, -0.15) is 0 Å². The molecule has 1 N–H and O–H groups in total. The van der Waals surface area contributed by atoms with Crippen LogP contribution in [0.25, 0.3) is 6.08 Å². The van der Waals surface area contributed by atoms with E-state index in [1.807, 2.05) is 25.3 Å². The zero-order valence-corrected chi connectivity index (χ0v) is 14.9. The second kappa shape index (κ2) is 5.62. The number of hydrogen-bond acceptors (Lipinski definition) is 4. The molecular formula is C20H22N2O3. The number of anilines is 1. The number of fused-ring (bicyclic) bond motifs is 1. The lowest BCUT2D eigenvalue weighted by molar-refractivity contribution is -0.384. The van der Waals surface area contributed by atoms with Gasteiger partial charge in [0.05, 0.1) is 10.5 Å². The second-order valence-corrected chi connectivity index (χ2v) is 7.18. The molecule has 0 fully saturated rings. The van der Waals surface area contributed by atoms with E-state index in [1.165, 1.54) is 29.4 Å². The molecule has 1 unspecified atom stereocenters. The van der Waals surface area contributed by atoms with Crippen molar-refractivity contribution >= 4 is 17.5 Å². The summed E-state index contributed by atoms with van der Waals surface area (Å²) in [4.78, 5) is 12.7. The molecule has 3 rings (SSSR count).